The zero-order chi connectivity index (χ0) is 14.3. The average molecular weight is 296 g/mol. The molecule has 2 aliphatic rings. The number of ether oxygens (including phenoxy) is 1. The highest BCUT2D eigenvalue weighted by Crippen LogP contribution is 2.31. The van der Waals surface area contributed by atoms with Crippen molar-refractivity contribution in [1.82, 2.24) is 9.88 Å². The van der Waals surface area contributed by atoms with Crippen LogP contribution in [0.3, 0.4) is 0 Å². The number of nitrogens with zero attached hydrogens (tertiary/aromatic N) is 2. The minimum Gasteiger partial charge on any atom is -0.382 e. The molecule has 3 N–H and O–H groups in total. The van der Waals surface area contributed by atoms with Crippen LogP contribution in [0.1, 0.15) is 36.4 Å². The van der Waals surface area contributed by atoms with Gasteiger partial charge >= 0.3 is 0 Å². The number of thiazole rings is 1. The van der Waals surface area contributed by atoms with E-state index in [1.807, 2.05) is 18.7 Å². The molecule has 3 rings (SSSR count). The van der Waals surface area contributed by atoms with Gasteiger partial charge in [0.15, 0.2) is 5.13 Å². The summed E-state index contributed by atoms with van der Waals surface area (Å²) in [6, 6.07) is 0.575. The predicted molar refractivity (Wildman–Crippen MR) is 79.1 cm³/mol. The van der Waals surface area contributed by atoms with Crippen molar-refractivity contribution in [3.05, 3.63) is 4.88 Å². The van der Waals surface area contributed by atoms with Crippen molar-refractivity contribution < 1.29 is 9.53 Å². The van der Waals surface area contributed by atoms with Crippen molar-refractivity contribution in [3.8, 4) is 0 Å². The Bertz CT molecular complexity index is 514. The number of carbonyl (C=O) groups is 1. The maximum Gasteiger partial charge on any atom is 0.268 e. The molecule has 0 radical (unpaired) electrons. The molecule has 1 saturated carbocycles. The zero-order valence-electron chi connectivity index (χ0n) is 11.8. The highest BCUT2D eigenvalue weighted by molar-refractivity contribution is 7.18. The van der Waals surface area contributed by atoms with Crippen LogP contribution in [-0.2, 0) is 4.74 Å². The van der Waals surface area contributed by atoms with E-state index in [-0.39, 0.29) is 18.1 Å². The summed E-state index contributed by atoms with van der Waals surface area (Å²) in [4.78, 5) is 19.2. The Kier molecular flexibility index (Phi) is 3.55. The Labute approximate surface area is 122 Å². The second-order valence-corrected chi connectivity index (χ2v) is 6.60. The van der Waals surface area contributed by atoms with Crippen LogP contribution in [0.4, 0.5) is 10.9 Å². The lowest BCUT2D eigenvalue weighted by Gasteiger charge is -2.36. The van der Waals surface area contributed by atoms with Gasteiger partial charge in [-0.2, -0.15) is 0 Å². The first-order chi connectivity index (χ1) is 9.54. The molecule has 1 saturated heterocycles. The molecule has 2 atom stereocenters. The summed E-state index contributed by atoms with van der Waals surface area (Å²) in [5, 5.41) is 4.04. The Balaban J connectivity index is 1.76. The molecule has 1 aromatic rings. The summed E-state index contributed by atoms with van der Waals surface area (Å²) in [6.45, 7) is 5.13. The number of hydrogen-bond acceptors (Lipinski definition) is 6. The molecule has 1 aliphatic heterocycles. The fourth-order valence-electron chi connectivity index (χ4n) is 2.27. The van der Waals surface area contributed by atoms with Gasteiger partial charge < -0.3 is 20.7 Å². The fourth-order valence-corrected chi connectivity index (χ4v) is 3.18. The fraction of sp³-hybridized carbons (Fsp3) is 0.692. The van der Waals surface area contributed by atoms with Crippen LogP contribution in [0.2, 0.25) is 0 Å². The van der Waals surface area contributed by atoms with Gasteiger partial charge in [0, 0.05) is 12.6 Å². The van der Waals surface area contributed by atoms with E-state index in [0.717, 1.165) is 5.13 Å². The second-order valence-electron chi connectivity index (χ2n) is 5.60. The molecule has 7 heteroatoms. The summed E-state index contributed by atoms with van der Waals surface area (Å²) in [6.07, 6.45) is 2.40. The van der Waals surface area contributed by atoms with Gasteiger partial charge in [0.1, 0.15) is 10.7 Å². The molecule has 2 fully saturated rings. The maximum absolute atomic E-state index is 12.6. The van der Waals surface area contributed by atoms with Gasteiger partial charge in [0.05, 0.1) is 18.8 Å². The average Bonchev–Trinajstić information content (AvgIpc) is 3.14. The van der Waals surface area contributed by atoms with Crippen LogP contribution >= 0.6 is 11.3 Å². The van der Waals surface area contributed by atoms with Crippen LogP contribution in [0.25, 0.3) is 0 Å². The van der Waals surface area contributed by atoms with Gasteiger partial charge in [-0.25, -0.2) is 4.98 Å². The van der Waals surface area contributed by atoms with Crippen LogP contribution in [-0.4, -0.2) is 47.1 Å². The summed E-state index contributed by atoms with van der Waals surface area (Å²) < 4.78 is 5.55. The highest BCUT2D eigenvalue weighted by atomic mass is 32.1. The van der Waals surface area contributed by atoms with Crippen molar-refractivity contribution in [1.29, 1.82) is 0 Å². The number of nitrogen functional groups attached to an aromatic ring is 1. The van der Waals surface area contributed by atoms with E-state index < -0.39 is 0 Å². The summed E-state index contributed by atoms with van der Waals surface area (Å²) in [7, 11) is 0. The van der Waals surface area contributed by atoms with E-state index in [9.17, 15) is 4.79 Å². The number of morpholine rings is 1. The first kappa shape index (κ1) is 13.6. The Morgan fingerprint density at radius 3 is 2.95 bits per heavy atom. The SMILES string of the molecule is CC1CN(C(=O)c2sc(NC3CC3)nc2N)C(C)CO1. The van der Waals surface area contributed by atoms with Crippen molar-refractivity contribution in [2.45, 2.75) is 44.9 Å². The van der Waals surface area contributed by atoms with Gasteiger partial charge in [-0.3, -0.25) is 4.79 Å². The highest BCUT2D eigenvalue weighted by Gasteiger charge is 2.31. The smallest absolute Gasteiger partial charge is 0.268 e. The lowest BCUT2D eigenvalue weighted by Crippen LogP contribution is -2.50. The molecule has 6 nitrogen and oxygen atoms in total. The lowest BCUT2D eigenvalue weighted by molar-refractivity contribution is -0.0385. The van der Waals surface area contributed by atoms with E-state index >= 15 is 0 Å². The van der Waals surface area contributed by atoms with Gasteiger partial charge in [-0.1, -0.05) is 11.3 Å². The molecular formula is C13H20N4O2S. The second kappa shape index (κ2) is 5.21. The number of nitrogens with two attached hydrogens (primary N) is 1. The van der Waals surface area contributed by atoms with E-state index in [1.165, 1.54) is 24.2 Å². The molecule has 0 aromatic carbocycles. The number of nitrogens with one attached hydrogen (secondary N) is 1. The summed E-state index contributed by atoms with van der Waals surface area (Å²) >= 11 is 1.35. The number of hydrogen-bond donors (Lipinski definition) is 2. The Morgan fingerprint density at radius 1 is 1.50 bits per heavy atom. The van der Waals surface area contributed by atoms with E-state index in [0.29, 0.717) is 29.9 Å². The number of amides is 1. The molecular weight excluding hydrogens is 276 g/mol. The first-order valence-electron chi connectivity index (χ1n) is 7.00. The Hall–Kier alpha value is -1.34. The zero-order valence-corrected chi connectivity index (χ0v) is 12.6. The van der Waals surface area contributed by atoms with Crippen LogP contribution in [0.5, 0.6) is 0 Å². The first-order valence-corrected chi connectivity index (χ1v) is 7.81. The van der Waals surface area contributed by atoms with Crippen LogP contribution in [0, 0.1) is 0 Å². The minimum absolute atomic E-state index is 0.0357. The molecule has 0 bridgehead atoms. The standard InChI is InChI=1S/C13H20N4O2S/c1-7-6-19-8(2)5-17(7)12(18)10-11(14)16-13(20-10)15-9-3-4-9/h7-9H,3-6,14H2,1-2H3,(H,15,16). The van der Waals surface area contributed by atoms with Gasteiger partial charge in [-0.05, 0) is 26.7 Å². The molecule has 2 heterocycles. The molecule has 0 spiro atoms. The monoisotopic (exact) mass is 296 g/mol. The Morgan fingerprint density at radius 2 is 2.25 bits per heavy atom. The number of aromatic nitrogens is 1. The third-order valence-corrected chi connectivity index (χ3v) is 4.61. The third-order valence-electron chi connectivity index (χ3n) is 3.62. The summed E-state index contributed by atoms with van der Waals surface area (Å²) in [5.41, 5.74) is 5.91. The number of anilines is 2. The quantitative estimate of drug-likeness (QED) is 0.884. The molecule has 1 aliphatic carbocycles. The van der Waals surface area contributed by atoms with E-state index in [1.54, 1.807) is 0 Å². The van der Waals surface area contributed by atoms with Crippen molar-refractivity contribution in [3.63, 3.8) is 0 Å². The largest absolute Gasteiger partial charge is 0.382 e. The van der Waals surface area contributed by atoms with Crippen LogP contribution < -0.4 is 11.1 Å². The number of rotatable bonds is 3. The topological polar surface area (TPSA) is 80.5 Å². The third kappa shape index (κ3) is 2.73. The molecule has 1 amide bonds. The van der Waals surface area contributed by atoms with Crippen molar-refractivity contribution in [2.24, 2.45) is 0 Å². The number of carbonyl (C=O) groups excluding carboxylic acids is 1. The van der Waals surface area contributed by atoms with Gasteiger partial charge in [0.25, 0.3) is 5.91 Å². The predicted octanol–water partition coefficient (Wildman–Crippen LogP) is 1.55. The molecule has 2 unspecified atom stereocenters. The lowest BCUT2D eigenvalue weighted by atomic mass is 10.2. The van der Waals surface area contributed by atoms with Crippen LogP contribution in [0.15, 0.2) is 0 Å². The maximum atomic E-state index is 12.6. The molecule has 110 valence electrons. The van der Waals surface area contributed by atoms with Gasteiger partial charge in [-0.15, -0.1) is 0 Å². The summed E-state index contributed by atoms with van der Waals surface area (Å²) in [5.74, 6) is 0.293. The minimum atomic E-state index is -0.0357. The van der Waals surface area contributed by atoms with E-state index in [4.69, 9.17) is 10.5 Å². The normalized spacial score (nSPS) is 26.6. The van der Waals surface area contributed by atoms with E-state index in [2.05, 4.69) is 10.3 Å². The molecule has 1 aromatic heterocycles. The van der Waals surface area contributed by atoms with Crippen molar-refractivity contribution >= 4 is 28.2 Å². The molecule has 20 heavy (non-hydrogen) atoms. The van der Waals surface area contributed by atoms with Gasteiger partial charge in [0.2, 0.25) is 0 Å². The van der Waals surface area contributed by atoms with Crippen molar-refractivity contribution in [2.75, 3.05) is 24.2 Å².